The number of Topliss-reactive ketones (excluding diaryl/α,β-unsaturated/α-hetero) is 1. The van der Waals surface area contributed by atoms with Crippen molar-refractivity contribution in [1.29, 1.82) is 0 Å². The van der Waals surface area contributed by atoms with Crippen LogP contribution in [0.25, 0.3) is 0 Å². The molecule has 0 bridgehead atoms. The molecule has 3 rings (SSSR count). The van der Waals surface area contributed by atoms with E-state index in [-0.39, 0.29) is 48.4 Å². The van der Waals surface area contributed by atoms with Gasteiger partial charge in [0.1, 0.15) is 17.9 Å². The van der Waals surface area contributed by atoms with Crippen LogP contribution in [-0.4, -0.2) is 65.5 Å². The highest BCUT2D eigenvalue weighted by molar-refractivity contribution is 6.03. The minimum absolute atomic E-state index is 0.00510. The van der Waals surface area contributed by atoms with E-state index in [0.717, 1.165) is 31.2 Å². The second-order valence-electron chi connectivity index (χ2n) is 9.69. The molecule has 36 heavy (non-hydrogen) atoms. The molecule has 4 atom stereocenters. The van der Waals surface area contributed by atoms with Crippen LogP contribution in [0.3, 0.4) is 0 Å². The molecule has 4 N–H and O–H groups in total. The van der Waals surface area contributed by atoms with E-state index in [1.54, 1.807) is 37.1 Å². The molecule has 4 amide bonds. The van der Waals surface area contributed by atoms with Crippen molar-refractivity contribution in [3.8, 4) is 0 Å². The number of ketones is 1. The lowest BCUT2D eigenvalue weighted by molar-refractivity contribution is -0.144. The van der Waals surface area contributed by atoms with E-state index in [0.29, 0.717) is 18.5 Å². The predicted octanol–water partition coefficient (Wildman–Crippen LogP) is 1.25. The van der Waals surface area contributed by atoms with Gasteiger partial charge in [-0.2, -0.15) is 0 Å². The summed E-state index contributed by atoms with van der Waals surface area (Å²) in [5.74, 6) is -1.26. The van der Waals surface area contributed by atoms with Crippen LogP contribution >= 0.6 is 0 Å². The quantitative estimate of drug-likeness (QED) is 0.378. The van der Waals surface area contributed by atoms with E-state index in [1.165, 1.54) is 6.92 Å². The van der Waals surface area contributed by atoms with Gasteiger partial charge in [-0.1, -0.05) is 25.0 Å². The molecule has 4 unspecified atom stereocenters. The Morgan fingerprint density at radius 3 is 2.56 bits per heavy atom. The Kier molecular flexibility index (Phi) is 9.58. The summed E-state index contributed by atoms with van der Waals surface area (Å²) >= 11 is 0. The van der Waals surface area contributed by atoms with Crippen LogP contribution in [0, 0.1) is 0 Å². The Morgan fingerprint density at radius 2 is 1.83 bits per heavy atom. The van der Waals surface area contributed by atoms with Gasteiger partial charge in [-0.3, -0.25) is 24.0 Å². The Labute approximate surface area is 211 Å². The van der Waals surface area contributed by atoms with Crippen LogP contribution in [-0.2, 0) is 30.5 Å². The number of carbonyl (C=O) groups excluding carboxylic acids is 5. The first-order valence-electron chi connectivity index (χ1n) is 12.6. The molecule has 2 saturated heterocycles. The minimum atomic E-state index is -0.639. The third kappa shape index (κ3) is 7.13. The first-order valence-corrected chi connectivity index (χ1v) is 12.6. The maximum absolute atomic E-state index is 13.5. The van der Waals surface area contributed by atoms with Gasteiger partial charge in [-0.15, -0.1) is 0 Å². The van der Waals surface area contributed by atoms with E-state index in [2.05, 4.69) is 21.3 Å². The van der Waals surface area contributed by atoms with Crippen LogP contribution in [0.2, 0.25) is 0 Å². The third-order valence-corrected chi connectivity index (χ3v) is 6.87. The maximum atomic E-state index is 13.5. The van der Waals surface area contributed by atoms with Crippen LogP contribution in [0.5, 0.6) is 0 Å². The number of amides is 4. The van der Waals surface area contributed by atoms with E-state index < -0.39 is 18.1 Å². The van der Waals surface area contributed by atoms with Gasteiger partial charge in [-0.25, -0.2) is 0 Å². The monoisotopic (exact) mass is 499 g/mol. The third-order valence-electron chi connectivity index (χ3n) is 6.87. The minimum Gasteiger partial charge on any atom is -0.350 e. The molecule has 10 nitrogen and oxygen atoms in total. The molecule has 0 aromatic heterocycles. The average molecular weight is 500 g/mol. The van der Waals surface area contributed by atoms with Crippen LogP contribution in [0.15, 0.2) is 24.3 Å². The van der Waals surface area contributed by atoms with Crippen molar-refractivity contribution in [3.63, 3.8) is 0 Å². The number of fused-ring (bicyclic) bond motifs is 1. The summed E-state index contributed by atoms with van der Waals surface area (Å²) in [6.45, 7) is 3.33. The number of hydrogen-bond acceptors (Lipinski definition) is 6. The van der Waals surface area contributed by atoms with Crippen molar-refractivity contribution >= 4 is 35.1 Å². The molecule has 0 saturated carbocycles. The van der Waals surface area contributed by atoms with Crippen LogP contribution in [0.1, 0.15) is 64.4 Å². The molecule has 0 aliphatic carbocycles. The van der Waals surface area contributed by atoms with Crippen LogP contribution in [0.4, 0.5) is 5.69 Å². The molecular formula is C26H37N5O5. The fraction of sp³-hybridized carbons (Fsp3) is 0.577. The average Bonchev–Trinajstić information content (AvgIpc) is 3.25. The molecule has 2 aliphatic heterocycles. The number of nitrogens with one attached hydrogen (secondary N) is 4. The predicted molar refractivity (Wildman–Crippen MR) is 135 cm³/mol. The van der Waals surface area contributed by atoms with Gasteiger partial charge in [0.2, 0.25) is 23.6 Å². The second-order valence-corrected chi connectivity index (χ2v) is 9.69. The Hall–Kier alpha value is -3.27. The summed E-state index contributed by atoms with van der Waals surface area (Å²) in [6, 6.07) is 5.40. The zero-order valence-corrected chi connectivity index (χ0v) is 21.3. The molecule has 0 radical (unpaired) electrons. The molecular weight excluding hydrogens is 462 g/mol. The summed E-state index contributed by atoms with van der Waals surface area (Å²) in [6.07, 6.45) is 4.35. The van der Waals surface area contributed by atoms with Crippen molar-refractivity contribution < 1.29 is 24.0 Å². The standard InChI is InChI=1S/C26H37N5O5/c1-16(32)13-23(33)29-19-8-6-7-18(14-19)15-28-25(35)22-12-11-20-9-4-5-10-21(26(36)31(20)22)30-24(34)17(2)27-3/h6-8,14,17,20-22,27H,4-5,9-13,15H2,1-3H3,(H,28,35)(H,29,33)(H,30,34). The molecule has 2 heterocycles. The van der Waals surface area contributed by atoms with Gasteiger partial charge in [0.05, 0.1) is 12.5 Å². The highest BCUT2D eigenvalue weighted by Crippen LogP contribution is 2.31. The van der Waals surface area contributed by atoms with Gasteiger partial charge in [0.15, 0.2) is 0 Å². The number of nitrogens with zero attached hydrogens (tertiary/aromatic N) is 1. The molecule has 1 aromatic carbocycles. The van der Waals surface area contributed by atoms with E-state index in [4.69, 9.17) is 0 Å². The lowest BCUT2D eigenvalue weighted by atomic mass is 9.98. The van der Waals surface area contributed by atoms with Crippen molar-refractivity contribution in [3.05, 3.63) is 29.8 Å². The lowest BCUT2D eigenvalue weighted by Crippen LogP contribution is -2.57. The van der Waals surface area contributed by atoms with Crippen LogP contribution < -0.4 is 21.3 Å². The highest BCUT2D eigenvalue weighted by atomic mass is 16.2. The van der Waals surface area contributed by atoms with E-state index >= 15 is 0 Å². The summed E-state index contributed by atoms with van der Waals surface area (Å²) < 4.78 is 0. The fourth-order valence-corrected chi connectivity index (χ4v) is 4.85. The molecule has 0 spiro atoms. The molecule has 1 aromatic rings. The van der Waals surface area contributed by atoms with Gasteiger partial charge >= 0.3 is 0 Å². The van der Waals surface area contributed by atoms with E-state index in [9.17, 15) is 24.0 Å². The summed E-state index contributed by atoms with van der Waals surface area (Å²) in [7, 11) is 1.69. The summed E-state index contributed by atoms with van der Waals surface area (Å²) in [4.78, 5) is 63.8. The molecule has 10 heteroatoms. The van der Waals surface area contributed by atoms with Gasteiger partial charge in [-0.05, 0) is 64.3 Å². The summed E-state index contributed by atoms with van der Waals surface area (Å²) in [5, 5.41) is 11.4. The summed E-state index contributed by atoms with van der Waals surface area (Å²) in [5.41, 5.74) is 1.32. The smallest absolute Gasteiger partial charge is 0.246 e. The Morgan fingerprint density at radius 1 is 1.08 bits per heavy atom. The SMILES string of the molecule is CNC(C)C(=O)NC1CCCCC2CCC(C(=O)NCc3cccc(NC(=O)CC(C)=O)c3)N2C1=O. The maximum Gasteiger partial charge on any atom is 0.246 e. The number of carbonyl (C=O) groups is 5. The number of likely N-dealkylation sites (N-methyl/N-ethyl adjacent to an activating group) is 1. The van der Waals surface area contributed by atoms with E-state index in [1.807, 2.05) is 6.07 Å². The number of benzene rings is 1. The molecule has 2 aliphatic rings. The topological polar surface area (TPSA) is 137 Å². The first-order chi connectivity index (χ1) is 17.2. The molecule has 2 fully saturated rings. The van der Waals surface area contributed by atoms with Gasteiger partial charge < -0.3 is 26.2 Å². The normalized spacial score (nSPS) is 22.6. The number of rotatable bonds is 9. The number of hydrogen-bond donors (Lipinski definition) is 4. The van der Waals surface area contributed by atoms with Crippen molar-refractivity contribution in [2.75, 3.05) is 12.4 Å². The highest BCUT2D eigenvalue weighted by Gasteiger charge is 2.43. The largest absolute Gasteiger partial charge is 0.350 e. The second kappa shape index (κ2) is 12.6. The van der Waals surface area contributed by atoms with Gasteiger partial charge in [0, 0.05) is 18.3 Å². The lowest BCUT2D eigenvalue weighted by Gasteiger charge is -2.35. The van der Waals surface area contributed by atoms with Crippen molar-refractivity contribution in [1.82, 2.24) is 20.9 Å². The molecule has 196 valence electrons. The Bertz CT molecular complexity index is 997. The first kappa shape index (κ1) is 27.3. The number of anilines is 1. The zero-order chi connectivity index (χ0) is 26.2. The van der Waals surface area contributed by atoms with Gasteiger partial charge in [0.25, 0.3) is 0 Å². The Balaban J connectivity index is 1.64. The van der Waals surface area contributed by atoms with Crippen molar-refractivity contribution in [2.45, 2.75) is 89.5 Å². The zero-order valence-electron chi connectivity index (χ0n) is 21.3. The fourth-order valence-electron chi connectivity index (χ4n) is 4.85. The van der Waals surface area contributed by atoms with Crippen molar-refractivity contribution in [2.24, 2.45) is 0 Å².